The van der Waals surface area contributed by atoms with Crippen LogP contribution in [-0.2, 0) is 4.74 Å². The van der Waals surface area contributed by atoms with Gasteiger partial charge in [0.25, 0.3) is 0 Å². The number of fused-ring (bicyclic) bond motifs is 1. The summed E-state index contributed by atoms with van der Waals surface area (Å²) < 4.78 is 5.71. The van der Waals surface area contributed by atoms with Crippen LogP contribution >= 0.6 is 0 Å². The standard InChI is InChI=1S/C17H25NO3/c1-17(20)11-14-16(21-17)9-8-13(18(14)2)10-15(19)12-6-4-3-5-7-12/h3-7,13-16,19-20H,8-11H2,1-2H3/t13-,14-,15-,16-,17-/m0/s1. The van der Waals surface area contributed by atoms with Crippen molar-refractivity contribution in [3.05, 3.63) is 35.9 Å². The maximum absolute atomic E-state index is 10.4. The molecule has 3 rings (SSSR count). The molecule has 4 nitrogen and oxygen atoms in total. The first kappa shape index (κ1) is 15.0. The van der Waals surface area contributed by atoms with Crippen molar-refractivity contribution in [3.63, 3.8) is 0 Å². The number of nitrogens with zero attached hydrogens (tertiary/aromatic N) is 1. The van der Waals surface area contributed by atoms with Gasteiger partial charge in [0.15, 0.2) is 5.79 Å². The molecule has 0 aromatic heterocycles. The Morgan fingerprint density at radius 2 is 2.05 bits per heavy atom. The van der Waals surface area contributed by atoms with E-state index in [1.54, 1.807) is 6.92 Å². The Morgan fingerprint density at radius 1 is 1.33 bits per heavy atom. The van der Waals surface area contributed by atoms with E-state index < -0.39 is 11.9 Å². The normalized spacial score (nSPS) is 38.2. The largest absolute Gasteiger partial charge is 0.388 e. The molecule has 2 saturated heterocycles. The predicted octanol–water partition coefficient (Wildman–Crippen LogP) is 2.07. The zero-order valence-electron chi connectivity index (χ0n) is 12.8. The maximum Gasteiger partial charge on any atom is 0.164 e. The molecule has 1 aromatic carbocycles. The molecular weight excluding hydrogens is 266 g/mol. The molecule has 0 saturated carbocycles. The van der Waals surface area contributed by atoms with Gasteiger partial charge in [0.05, 0.1) is 12.2 Å². The summed E-state index contributed by atoms with van der Waals surface area (Å²) in [6, 6.07) is 10.4. The second-order valence-corrected chi connectivity index (χ2v) is 6.66. The molecule has 2 aliphatic rings. The van der Waals surface area contributed by atoms with Crippen LogP contribution in [0.3, 0.4) is 0 Å². The molecule has 1 aromatic rings. The first-order valence-electron chi connectivity index (χ1n) is 7.81. The summed E-state index contributed by atoms with van der Waals surface area (Å²) in [5.74, 6) is -1.00. The van der Waals surface area contributed by atoms with Gasteiger partial charge in [-0.25, -0.2) is 0 Å². The molecule has 2 N–H and O–H groups in total. The quantitative estimate of drug-likeness (QED) is 0.895. The number of aliphatic hydroxyl groups excluding tert-OH is 1. The van der Waals surface area contributed by atoms with Crippen LogP contribution in [-0.4, -0.2) is 46.1 Å². The van der Waals surface area contributed by atoms with Crippen molar-refractivity contribution in [2.75, 3.05) is 7.05 Å². The molecule has 21 heavy (non-hydrogen) atoms. The molecule has 0 aliphatic carbocycles. The monoisotopic (exact) mass is 291 g/mol. The number of ether oxygens (including phenoxy) is 1. The van der Waals surface area contributed by atoms with Crippen LogP contribution in [0.25, 0.3) is 0 Å². The van der Waals surface area contributed by atoms with Gasteiger partial charge < -0.3 is 14.9 Å². The highest BCUT2D eigenvalue weighted by atomic mass is 16.6. The predicted molar refractivity (Wildman–Crippen MR) is 80.7 cm³/mol. The van der Waals surface area contributed by atoms with Crippen molar-refractivity contribution >= 4 is 0 Å². The minimum Gasteiger partial charge on any atom is -0.388 e. The zero-order valence-corrected chi connectivity index (χ0v) is 12.8. The van der Waals surface area contributed by atoms with Gasteiger partial charge in [-0.2, -0.15) is 0 Å². The van der Waals surface area contributed by atoms with Gasteiger partial charge in [0.2, 0.25) is 0 Å². The summed E-state index contributed by atoms with van der Waals surface area (Å²) in [5, 5.41) is 20.5. The average Bonchev–Trinajstić information content (AvgIpc) is 2.78. The number of hydrogen-bond donors (Lipinski definition) is 2. The maximum atomic E-state index is 10.4. The summed E-state index contributed by atoms with van der Waals surface area (Å²) in [6.45, 7) is 1.74. The minimum absolute atomic E-state index is 0.120. The van der Waals surface area contributed by atoms with Crippen LogP contribution in [0.4, 0.5) is 0 Å². The van der Waals surface area contributed by atoms with Crippen LogP contribution in [0.1, 0.15) is 44.3 Å². The van der Waals surface area contributed by atoms with Crippen LogP contribution in [0.15, 0.2) is 30.3 Å². The Labute approximate surface area is 126 Å². The van der Waals surface area contributed by atoms with Crippen molar-refractivity contribution in [2.45, 2.75) is 62.7 Å². The van der Waals surface area contributed by atoms with Gasteiger partial charge in [-0.15, -0.1) is 0 Å². The lowest BCUT2D eigenvalue weighted by atomic mass is 9.88. The third kappa shape index (κ3) is 3.14. The molecule has 2 aliphatic heterocycles. The van der Waals surface area contributed by atoms with Gasteiger partial charge in [0, 0.05) is 18.5 Å². The Balaban J connectivity index is 1.65. The van der Waals surface area contributed by atoms with E-state index in [-0.39, 0.29) is 12.1 Å². The smallest absolute Gasteiger partial charge is 0.164 e. The van der Waals surface area contributed by atoms with Crippen LogP contribution in [0, 0.1) is 0 Å². The second kappa shape index (κ2) is 5.69. The van der Waals surface area contributed by atoms with Crippen LogP contribution in [0.2, 0.25) is 0 Å². The van der Waals surface area contributed by atoms with Gasteiger partial charge in [-0.1, -0.05) is 30.3 Å². The highest BCUT2D eigenvalue weighted by Gasteiger charge is 2.47. The Morgan fingerprint density at radius 3 is 2.76 bits per heavy atom. The molecular formula is C17H25NO3. The second-order valence-electron chi connectivity index (χ2n) is 6.66. The molecule has 0 spiro atoms. The molecule has 2 fully saturated rings. The van der Waals surface area contributed by atoms with E-state index in [1.807, 2.05) is 30.3 Å². The summed E-state index contributed by atoms with van der Waals surface area (Å²) in [5.41, 5.74) is 0.975. The van der Waals surface area contributed by atoms with Crippen molar-refractivity contribution in [1.82, 2.24) is 4.90 Å². The number of hydrogen-bond acceptors (Lipinski definition) is 4. The molecule has 0 amide bonds. The van der Waals surface area contributed by atoms with Gasteiger partial charge in [0.1, 0.15) is 0 Å². The van der Waals surface area contributed by atoms with Gasteiger partial charge >= 0.3 is 0 Å². The number of rotatable bonds is 3. The minimum atomic E-state index is -1.00. The lowest BCUT2D eigenvalue weighted by molar-refractivity contribution is -0.182. The van der Waals surface area contributed by atoms with E-state index in [4.69, 9.17) is 4.74 Å². The van der Waals surface area contributed by atoms with Gasteiger partial charge in [-0.05, 0) is 38.8 Å². The third-order valence-electron chi connectivity index (χ3n) is 4.99. The lowest BCUT2D eigenvalue weighted by Gasteiger charge is -2.41. The lowest BCUT2D eigenvalue weighted by Crippen LogP contribution is -2.49. The van der Waals surface area contributed by atoms with E-state index in [2.05, 4.69) is 11.9 Å². The first-order chi connectivity index (χ1) is 9.96. The number of piperidine rings is 1. The topological polar surface area (TPSA) is 52.9 Å². The van der Waals surface area contributed by atoms with E-state index in [0.29, 0.717) is 12.5 Å². The molecule has 0 radical (unpaired) electrons. The Kier molecular flexibility index (Phi) is 4.06. The first-order valence-corrected chi connectivity index (χ1v) is 7.81. The van der Waals surface area contributed by atoms with Crippen molar-refractivity contribution in [2.24, 2.45) is 0 Å². The van der Waals surface area contributed by atoms with Crippen molar-refractivity contribution in [1.29, 1.82) is 0 Å². The van der Waals surface area contributed by atoms with Gasteiger partial charge in [-0.3, -0.25) is 4.90 Å². The molecule has 0 unspecified atom stereocenters. The number of aliphatic hydroxyl groups is 2. The molecule has 0 bridgehead atoms. The fraction of sp³-hybridized carbons (Fsp3) is 0.647. The molecule has 4 heteroatoms. The number of benzene rings is 1. The molecule has 5 atom stereocenters. The van der Waals surface area contributed by atoms with E-state index in [1.165, 1.54) is 0 Å². The van der Waals surface area contributed by atoms with E-state index >= 15 is 0 Å². The van der Waals surface area contributed by atoms with Crippen molar-refractivity contribution in [3.8, 4) is 0 Å². The van der Waals surface area contributed by atoms with Crippen LogP contribution < -0.4 is 0 Å². The zero-order chi connectivity index (χ0) is 15.0. The summed E-state index contributed by atoms with van der Waals surface area (Å²) in [7, 11) is 2.09. The van der Waals surface area contributed by atoms with E-state index in [0.717, 1.165) is 24.8 Å². The SMILES string of the molecule is CN1[C@H](C[C@H](O)c2ccccc2)CC[C@@H]2O[C@](C)(O)C[C@@H]21. The van der Waals surface area contributed by atoms with E-state index in [9.17, 15) is 10.2 Å². The summed E-state index contributed by atoms with van der Waals surface area (Å²) in [4.78, 5) is 2.29. The average molecular weight is 291 g/mol. The number of likely N-dealkylation sites (N-methyl/N-ethyl adjacent to an activating group) is 1. The van der Waals surface area contributed by atoms with Crippen LogP contribution in [0.5, 0.6) is 0 Å². The Bertz CT molecular complexity index is 476. The van der Waals surface area contributed by atoms with Crippen molar-refractivity contribution < 1.29 is 14.9 Å². The number of likely N-dealkylation sites (tertiary alicyclic amines) is 1. The third-order valence-corrected chi connectivity index (χ3v) is 4.99. The molecule has 116 valence electrons. The fourth-order valence-electron chi connectivity index (χ4n) is 3.81. The highest BCUT2D eigenvalue weighted by molar-refractivity contribution is 5.17. The Hall–Kier alpha value is -0.940. The fourth-order valence-corrected chi connectivity index (χ4v) is 3.81. The summed E-state index contributed by atoms with van der Waals surface area (Å²) in [6.07, 6.45) is 3.01. The summed E-state index contributed by atoms with van der Waals surface area (Å²) >= 11 is 0. The molecule has 2 heterocycles. The highest BCUT2D eigenvalue weighted by Crippen LogP contribution is 2.39.